The van der Waals surface area contributed by atoms with E-state index >= 15 is 0 Å². The molecule has 0 spiro atoms. The van der Waals surface area contributed by atoms with Gasteiger partial charge in [0.05, 0.1) is 0 Å². The minimum atomic E-state index is -1.50. The van der Waals surface area contributed by atoms with Crippen molar-refractivity contribution in [2.75, 3.05) is 13.1 Å². The second-order valence-corrected chi connectivity index (χ2v) is 2.47. The van der Waals surface area contributed by atoms with Crippen molar-refractivity contribution in [2.45, 2.75) is 19.3 Å². The van der Waals surface area contributed by atoms with Gasteiger partial charge in [-0.15, -0.1) is 0 Å². The van der Waals surface area contributed by atoms with Gasteiger partial charge in [-0.3, -0.25) is 5.73 Å². The van der Waals surface area contributed by atoms with Crippen LogP contribution in [0, 0.1) is 0 Å². The highest BCUT2D eigenvalue weighted by atomic mass is 16.7. The number of aliphatic hydroxyl groups is 1. The topological polar surface area (TPSA) is 75.8 Å². The molecule has 5 nitrogen and oxygen atoms in total. The Kier molecular flexibility index (Phi) is 2.67. The van der Waals surface area contributed by atoms with Crippen LogP contribution in [0.3, 0.4) is 0 Å². The van der Waals surface area contributed by atoms with Crippen molar-refractivity contribution in [3.63, 3.8) is 0 Å². The molecule has 64 valence electrons. The molecule has 1 amide bonds. The fourth-order valence-corrected chi connectivity index (χ4v) is 1.08. The van der Waals surface area contributed by atoms with Crippen LogP contribution in [-0.4, -0.2) is 35.6 Å². The highest BCUT2D eigenvalue weighted by molar-refractivity contribution is 5.67. The summed E-state index contributed by atoms with van der Waals surface area (Å²) in [6, 6.07) is 0. The molecule has 1 fully saturated rings. The smallest absolute Gasteiger partial charge is 0.406 e. The maximum Gasteiger partial charge on any atom is 0.413 e. The lowest BCUT2D eigenvalue weighted by Crippen LogP contribution is -2.35. The zero-order valence-electron chi connectivity index (χ0n) is 6.19. The zero-order chi connectivity index (χ0) is 8.27. The zero-order valence-corrected chi connectivity index (χ0v) is 6.19. The minimum absolute atomic E-state index is 0.530. The summed E-state index contributed by atoms with van der Waals surface area (Å²) in [7, 11) is 0. The summed E-state index contributed by atoms with van der Waals surface area (Å²) in [5.41, 5.74) is 4.85. The van der Waals surface area contributed by atoms with Gasteiger partial charge in [-0.2, -0.15) is 0 Å². The van der Waals surface area contributed by atoms with Crippen molar-refractivity contribution in [3.05, 3.63) is 0 Å². The molecule has 0 aromatic rings. The van der Waals surface area contributed by atoms with Gasteiger partial charge in [-0.1, -0.05) is 0 Å². The molecular formula is C6H12N2O3. The summed E-state index contributed by atoms with van der Waals surface area (Å²) in [4.78, 5) is 12.4. The Hall–Kier alpha value is -0.810. The molecule has 1 aliphatic rings. The first-order chi connectivity index (χ1) is 5.20. The van der Waals surface area contributed by atoms with Crippen LogP contribution in [-0.2, 0) is 4.74 Å². The second-order valence-electron chi connectivity index (χ2n) is 2.47. The Morgan fingerprint density at radius 3 is 2.55 bits per heavy atom. The molecule has 0 aliphatic carbocycles. The van der Waals surface area contributed by atoms with Crippen molar-refractivity contribution in [2.24, 2.45) is 5.73 Å². The number of carbonyl (C=O) groups is 1. The molecule has 1 heterocycles. The summed E-state index contributed by atoms with van der Waals surface area (Å²) < 4.78 is 4.35. The molecular weight excluding hydrogens is 148 g/mol. The number of nitrogens with two attached hydrogens (primary N) is 1. The van der Waals surface area contributed by atoms with Crippen molar-refractivity contribution >= 4 is 6.09 Å². The van der Waals surface area contributed by atoms with Gasteiger partial charge in [0.15, 0.2) is 0 Å². The molecule has 1 saturated heterocycles. The van der Waals surface area contributed by atoms with Gasteiger partial charge in [-0.25, -0.2) is 4.79 Å². The largest absolute Gasteiger partial charge is 0.413 e. The average molecular weight is 160 g/mol. The number of ether oxygens (including phenoxy) is 1. The Bertz CT molecular complexity index is 143. The molecule has 0 radical (unpaired) electrons. The van der Waals surface area contributed by atoms with Crippen LogP contribution in [0.2, 0.25) is 0 Å². The van der Waals surface area contributed by atoms with E-state index in [1.54, 1.807) is 0 Å². The van der Waals surface area contributed by atoms with E-state index < -0.39 is 12.5 Å². The van der Waals surface area contributed by atoms with E-state index in [4.69, 9.17) is 10.8 Å². The third-order valence-corrected chi connectivity index (χ3v) is 1.59. The van der Waals surface area contributed by atoms with Crippen LogP contribution >= 0.6 is 0 Å². The first-order valence-electron chi connectivity index (χ1n) is 3.59. The van der Waals surface area contributed by atoms with Gasteiger partial charge in [-0.05, 0) is 12.8 Å². The summed E-state index contributed by atoms with van der Waals surface area (Å²) in [5.74, 6) is 0. The molecule has 0 saturated carbocycles. The van der Waals surface area contributed by atoms with Crippen LogP contribution in [0.15, 0.2) is 0 Å². The Morgan fingerprint density at radius 2 is 2.09 bits per heavy atom. The van der Waals surface area contributed by atoms with Crippen LogP contribution in [0.5, 0.6) is 0 Å². The fourth-order valence-electron chi connectivity index (χ4n) is 1.08. The van der Waals surface area contributed by atoms with Gasteiger partial charge < -0.3 is 14.7 Å². The van der Waals surface area contributed by atoms with Crippen molar-refractivity contribution < 1.29 is 14.6 Å². The van der Waals surface area contributed by atoms with E-state index in [2.05, 4.69) is 4.74 Å². The molecule has 1 unspecified atom stereocenters. The maximum atomic E-state index is 10.9. The molecule has 1 aliphatic heterocycles. The van der Waals surface area contributed by atoms with Gasteiger partial charge >= 0.3 is 6.09 Å². The number of nitrogens with zero attached hydrogens (tertiary/aromatic N) is 1. The number of amides is 1. The summed E-state index contributed by atoms with van der Waals surface area (Å²) in [6.07, 6.45) is -0.0356. The number of likely N-dealkylation sites (tertiary alicyclic amines) is 1. The van der Waals surface area contributed by atoms with Crippen LogP contribution in [0.25, 0.3) is 0 Å². The van der Waals surface area contributed by atoms with Crippen LogP contribution < -0.4 is 5.73 Å². The predicted molar refractivity (Wildman–Crippen MR) is 37.5 cm³/mol. The van der Waals surface area contributed by atoms with Crippen LogP contribution in [0.4, 0.5) is 4.79 Å². The average Bonchev–Trinajstić information content (AvgIpc) is 2.35. The van der Waals surface area contributed by atoms with E-state index in [-0.39, 0.29) is 0 Å². The first kappa shape index (κ1) is 8.29. The quantitative estimate of drug-likeness (QED) is 0.505. The van der Waals surface area contributed by atoms with Crippen molar-refractivity contribution in [1.82, 2.24) is 4.90 Å². The Balaban J connectivity index is 2.28. The van der Waals surface area contributed by atoms with Gasteiger partial charge in [0.25, 0.3) is 6.41 Å². The lowest BCUT2D eigenvalue weighted by atomic mass is 10.4. The second kappa shape index (κ2) is 3.54. The monoisotopic (exact) mass is 160 g/mol. The lowest BCUT2D eigenvalue weighted by Gasteiger charge is -2.15. The van der Waals surface area contributed by atoms with Gasteiger partial charge in [0, 0.05) is 13.1 Å². The standard InChI is InChI=1S/C6H12N2O3/c7-5(9)11-6(10)8-3-1-2-4-8/h5,9H,1-4,7H2. The predicted octanol–water partition coefficient (Wildman–Crippen LogP) is -0.547. The van der Waals surface area contributed by atoms with E-state index in [9.17, 15) is 4.79 Å². The molecule has 3 N–H and O–H groups in total. The number of hydrogen-bond donors (Lipinski definition) is 2. The normalized spacial score (nSPS) is 20.0. The Morgan fingerprint density at radius 1 is 1.55 bits per heavy atom. The maximum absolute atomic E-state index is 10.9. The van der Waals surface area contributed by atoms with Crippen molar-refractivity contribution in [3.8, 4) is 0 Å². The number of rotatable bonds is 1. The Labute approximate surface area is 64.7 Å². The van der Waals surface area contributed by atoms with E-state index in [0.717, 1.165) is 12.8 Å². The summed E-state index contributed by atoms with van der Waals surface area (Å²) in [6.45, 7) is 1.40. The lowest BCUT2D eigenvalue weighted by molar-refractivity contribution is -0.0572. The van der Waals surface area contributed by atoms with Gasteiger partial charge in [0.2, 0.25) is 0 Å². The fraction of sp³-hybridized carbons (Fsp3) is 0.833. The molecule has 1 rings (SSSR count). The SMILES string of the molecule is NC(O)OC(=O)N1CCCC1. The third kappa shape index (κ3) is 2.36. The first-order valence-corrected chi connectivity index (χ1v) is 3.59. The number of aliphatic hydroxyl groups excluding tert-OH is 1. The summed E-state index contributed by atoms with van der Waals surface area (Å²) >= 11 is 0. The molecule has 0 aromatic carbocycles. The van der Waals surface area contributed by atoms with Gasteiger partial charge in [0.1, 0.15) is 0 Å². The van der Waals surface area contributed by atoms with E-state index in [0.29, 0.717) is 13.1 Å². The van der Waals surface area contributed by atoms with Crippen LogP contribution in [0.1, 0.15) is 12.8 Å². The molecule has 1 atom stereocenters. The van der Waals surface area contributed by atoms with E-state index in [1.165, 1.54) is 4.90 Å². The minimum Gasteiger partial charge on any atom is -0.406 e. The molecule has 11 heavy (non-hydrogen) atoms. The van der Waals surface area contributed by atoms with E-state index in [1.807, 2.05) is 0 Å². The third-order valence-electron chi connectivity index (χ3n) is 1.59. The number of hydrogen-bond acceptors (Lipinski definition) is 4. The summed E-state index contributed by atoms with van der Waals surface area (Å²) in [5, 5.41) is 8.49. The highest BCUT2D eigenvalue weighted by Gasteiger charge is 2.20. The van der Waals surface area contributed by atoms with Crippen molar-refractivity contribution in [1.29, 1.82) is 0 Å². The number of carbonyl (C=O) groups excluding carboxylic acids is 1. The molecule has 0 aromatic heterocycles. The highest BCUT2D eigenvalue weighted by Crippen LogP contribution is 2.08. The molecule has 5 heteroatoms. The molecule has 0 bridgehead atoms.